The van der Waals surface area contributed by atoms with Crippen molar-refractivity contribution in [3.63, 3.8) is 0 Å². The first-order chi connectivity index (χ1) is 12.7. The summed E-state index contributed by atoms with van der Waals surface area (Å²) in [4.78, 5) is 34.6. The molecule has 1 N–H and O–H groups in total. The minimum atomic E-state index is -1.85. The van der Waals surface area contributed by atoms with Gasteiger partial charge in [-0.15, -0.1) is 0 Å². The first-order valence-corrected chi connectivity index (χ1v) is 9.63. The van der Waals surface area contributed by atoms with Gasteiger partial charge in [0, 0.05) is 0 Å². The van der Waals surface area contributed by atoms with E-state index in [1.165, 1.54) is 19.3 Å². The molecular formula is C18H19Cl3O6. The van der Waals surface area contributed by atoms with Gasteiger partial charge in [-0.05, 0) is 24.3 Å². The number of benzene rings is 1. The van der Waals surface area contributed by atoms with Crippen LogP contribution in [0.4, 0.5) is 0 Å². The number of hydrogen-bond donors (Lipinski definition) is 1. The van der Waals surface area contributed by atoms with Crippen LogP contribution in [0.25, 0.3) is 0 Å². The van der Waals surface area contributed by atoms with E-state index in [-0.39, 0.29) is 33.2 Å². The van der Waals surface area contributed by atoms with Crippen LogP contribution in [-0.2, 0) is 14.3 Å². The smallest absolute Gasteiger partial charge is 0.422 e. The molecule has 1 aliphatic rings. The first kappa shape index (κ1) is 21.8. The van der Waals surface area contributed by atoms with E-state index in [0.29, 0.717) is 0 Å². The molecule has 1 unspecified atom stereocenters. The van der Waals surface area contributed by atoms with Crippen LogP contribution in [0.5, 0.6) is 5.75 Å². The number of hydrogen-bond acceptors (Lipinski definition) is 5. The largest absolute Gasteiger partial charge is 0.473 e. The van der Waals surface area contributed by atoms with Crippen molar-refractivity contribution in [2.75, 3.05) is 6.61 Å². The molecule has 1 saturated carbocycles. The van der Waals surface area contributed by atoms with Crippen molar-refractivity contribution in [3.8, 4) is 5.75 Å². The van der Waals surface area contributed by atoms with E-state index in [2.05, 4.69) is 4.74 Å². The molecule has 0 aromatic heterocycles. The SMILES string of the molecule is CC(CCC1CCC1)COC(=O)c1c(Cl)c(Cl)cc(Cl)c1OC(=O)C(=O)O. The van der Waals surface area contributed by atoms with E-state index in [4.69, 9.17) is 44.6 Å². The highest BCUT2D eigenvalue weighted by Gasteiger charge is 2.28. The summed E-state index contributed by atoms with van der Waals surface area (Å²) in [7, 11) is 0. The number of ether oxygens (including phenoxy) is 2. The second-order valence-corrected chi connectivity index (χ2v) is 7.82. The van der Waals surface area contributed by atoms with Gasteiger partial charge in [0.15, 0.2) is 5.75 Å². The lowest BCUT2D eigenvalue weighted by molar-refractivity contribution is -0.158. The third-order valence-corrected chi connectivity index (χ3v) is 5.56. The molecule has 0 aliphatic heterocycles. The standard InChI is InChI=1S/C18H19Cl3O6/c1-9(5-6-10-3-2-4-10)8-26-17(24)13-14(21)11(19)7-12(20)15(13)27-18(25)16(22)23/h7,9-10H,2-6,8H2,1H3,(H,22,23). The van der Waals surface area contributed by atoms with Crippen molar-refractivity contribution in [3.05, 3.63) is 26.7 Å². The first-order valence-electron chi connectivity index (χ1n) is 8.50. The number of carboxylic acid groups (broad SMARTS) is 1. The molecule has 1 atom stereocenters. The third-order valence-electron chi connectivity index (χ3n) is 4.49. The Morgan fingerprint density at radius 1 is 1.22 bits per heavy atom. The number of carboxylic acids is 1. The van der Waals surface area contributed by atoms with Gasteiger partial charge in [-0.25, -0.2) is 14.4 Å². The third kappa shape index (κ3) is 5.74. The lowest BCUT2D eigenvalue weighted by Crippen LogP contribution is -2.22. The minimum absolute atomic E-state index is 0.0539. The van der Waals surface area contributed by atoms with Crippen LogP contribution in [0.15, 0.2) is 6.07 Å². The van der Waals surface area contributed by atoms with Crippen LogP contribution < -0.4 is 4.74 Å². The molecule has 2 rings (SSSR count). The molecule has 0 bridgehead atoms. The van der Waals surface area contributed by atoms with Gasteiger partial charge in [0.2, 0.25) is 0 Å². The van der Waals surface area contributed by atoms with Crippen LogP contribution in [0.1, 0.15) is 49.4 Å². The maximum atomic E-state index is 12.5. The van der Waals surface area contributed by atoms with Gasteiger partial charge in [0.1, 0.15) is 5.56 Å². The summed E-state index contributed by atoms with van der Waals surface area (Å²) in [5.41, 5.74) is -0.380. The topological polar surface area (TPSA) is 89.9 Å². The molecule has 27 heavy (non-hydrogen) atoms. The van der Waals surface area contributed by atoms with E-state index in [9.17, 15) is 14.4 Å². The normalized spacial score (nSPS) is 15.0. The molecule has 1 aromatic carbocycles. The Kier molecular flexibility index (Phi) is 7.77. The molecule has 6 nitrogen and oxygen atoms in total. The summed E-state index contributed by atoms with van der Waals surface area (Å²) in [5, 5.41) is 8.18. The summed E-state index contributed by atoms with van der Waals surface area (Å²) in [6, 6.07) is 1.15. The van der Waals surface area contributed by atoms with Crippen LogP contribution in [0.2, 0.25) is 15.1 Å². The van der Waals surface area contributed by atoms with Crippen molar-refractivity contribution in [2.24, 2.45) is 11.8 Å². The number of carbonyl (C=O) groups is 3. The van der Waals surface area contributed by atoms with E-state index in [0.717, 1.165) is 24.8 Å². The lowest BCUT2D eigenvalue weighted by Gasteiger charge is -2.26. The molecule has 0 saturated heterocycles. The fraction of sp³-hybridized carbons (Fsp3) is 0.500. The van der Waals surface area contributed by atoms with Crippen LogP contribution in [-0.4, -0.2) is 29.6 Å². The van der Waals surface area contributed by atoms with Crippen molar-refractivity contribution < 1.29 is 29.0 Å². The molecule has 1 aromatic rings. The average Bonchev–Trinajstić information content (AvgIpc) is 2.56. The van der Waals surface area contributed by atoms with Crippen LogP contribution in [0, 0.1) is 11.8 Å². The van der Waals surface area contributed by atoms with Crippen molar-refractivity contribution >= 4 is 52.7 Å². The van der Waals surface area contributed by atoms with Gasteiger partial charge < -0.3 is 14.6 Å². The molecule has 0 spiro atoms. The van der Waals surface area contributed by atoms with Crippen molar-refractivity contribution in [1.82, 2.24) is 0 Å². The fourth-order valence-electron chi connectivity index (χ4n) is 2.67. The zero-order valence-electron chi connectivity index (χ0n) is 14.6. The number of aliphatic carboxylic acids is 1. The predicted octanol–water partition coefficient (Wildman–Crippen LogP) is 5.01. The van der Waals surface area contributed by atoms with E-state index < -0.39 is 23.7 Å². The number of esters is 2. The van der Waals surface area contributed by atoms with Gasteiger partial charge in [-0.2, -0.15) is 0 Å². The summed E-state index contributed by atoms with van der Waals surface area (Å²) >= 11 is 17.9. The summed E-state index contributed by atoms with van der Waals surface area (Å²) < 4.78 is 9.96. The number of rotatable bonds is 7. The minimum Gasteiger partial charge on any atom is -0.473 e. The maximum absolute atomic E-state index is 12.5. The fourth-order valence-corrected chi connectivity index (χ4v) is 3.39. The quantitative estimate of drug-likeness (QED) is 0.279. The monoisotopic (exact) mass is 436 g/mol. The number of carbonyl (C=O) groups excluding carboxylic acids is 2. The Bertz CT molecular complexity index is 745. The molecule has 1 aliphatic carbocycles. The summed E-state index contributed by atoms with van der Waals surface area (Å²) in [5.74, 6) is -3.96. The van der Waals surface area contributed by atoms with E-state index in [1.54, 1.807) is 0 Å². The lowest BCUT2D eigenvalue weighted by atomic mass is 9.81. The Hall–Kier alpha value is -1.50. The van der Waals surface area contributed by atoms with Crippen LogP contribution in [0.3, 0.4) is 0 Å². The molecule has 0 amide bonds. The Morgan fingerprint density at radius 3 is 2.44 bits per heavy atom. The Balaban J connectivity index is 2.10. The summed E-state index contributed by atoms with van der Waals surface area (Å²) in [6.07, 6.45) is 5.79. The van der Waals surface area contributed by atoms with Gasteiger partial charge in [0.05, 0.1) is 21.7 Å². The van der Waals surface area contributed by atoms with E-state index in [1.807, 2.05) is 6.92 Å². The van der Waals surface area contributed by atoms with Gasteiger partial charge >= 0.3 is 17.9 Å². The Labute approximate surface area is 171 Å². The zero-order chi connectivity index (χ0) is 20.1. The molecular weight excluding hydrogens is 419 g/mol. The van der Waals surface area contributed by atoms with Crippen molar-refractivity contribution in [1.29, 1.82) is 0 Å². The highest BCUT2D eigenvalue weighted by atomic mass is 35.5. The second kappa shape index (κ2) is 9.62. The van der Waals surface area contributed by atoms with Gasteiger partial charge in [-0.1, -0.05) is 67.4 Å². The number of halogens is 3. The van der Waals surface area contributed by atoms with Gasteiger partial charge in [-0.3, -0.25) is 0 Å². The van der Waals surface area contributed by atoms with Crippen LogP contribution >= 0.6 is 34.8 Å². The summed E-state index contributed by atoms with van der Waals surface area (Å²) in [6.45, 7) is 2.10. The predicted molar refractivity (Wildman–Crippen MR) is 101 cm³/mol. The van der Waals surface area contributed by atoms with Gasteiger partial charge in [0.25, 0.3) is 0 Å². The highest BCUT2D eigenvalue weighted by Crippen LogP contribution is 2.40. The maximum Gasteiger partial charge on any atom is 0.422 e. The highest BCUT2D eigenvalue weighted by molar-refractivity contribution is 6.46. The molecule has 0 radical (unpaired) electrons. The molecule has 9 heteroatoms. The second-order valence-electron chi connectivity index (χ2n) is 6.63. The molecule has 148 valence electrons. The molecule has 0 heterocycles. The van der Waals surface area contributed by atoms with E-state index >= 15 is 0 Å². The van der Waals surface area contributed by atoms with Crippen molar-refractivity contribution in [2.45, 2.75) is 39.0 Å². The zero-order valence-corrected chi connectivity index (χ0v) is 16.9. The average molecular weight is 438 g/mol. The Morgan fingerprint density at radius 2 is 1.89 bits per heavy atom. The molecule has 1 fully saturated rings.